The van der Waals surface area contributed by atoms with Crippen LogP contribution in [-0.4, -0.2) is 22.9 Å². The van der Waals surface area contributed by atoms with Crippen LogP contribution in [0.25, 0.3) is 0 Å². The summed E-state index contributed by atoms with van der Waals surface area (Å²) in [6.07, 6.45) is 0. The van der Waals surface area contributed by atoms with Crippen LogP contribution < -0.4 is 0 Å². The molecule has 3 aromatic rings. The van der Waals surface area contributed by atoms with Crippen LogP contribution in [-0.2, 0) is 9.84 Å². The number of hydrogen-bond acceptors (Lipinski definition) is 2. The molecule has 2 aromatic carbocycles. The maximum absolute atomic E-state index is 13.1. The molecule has 0 saturated heterocycles. The second kappa shape index (κ2) is 6.02. The van der Waals surface area contributed by atoms with Gasteiger partial charge in [0.25, 0.3) is 0 Å². The second-order valence-electron chi connectivity index (χ2n) is 4.66. The Balaban J connectivity index is 2.17. The predicted molar refractivity (Wildman–Crippen MR) is 85.3 cm³/mol. The Bertz CT molecular complexity index is 795. The first-order valence-electron chi connectivity index (χ1n) is 6.57. The van der Waals surface area contributed by atoms with E-state index in [4.69, 9.17) is 0 Å². The van der Waals surface area contributed by atoms with Crippen molar-refractivity contribution in [2.24, 2.45) is 0 Å². The summed E-state index contributed by atoms with van der Waals surface area (Å²) < 4.78 is 27.1. The van der Waals surface area contributed by atoms with E-state index >= 15 is 0 Å². The molecular weight excluding hydrogens is 347 g/mol. The van der Waals surface area contributed by atoms with E-state index in [-0.39, 0.29) is 14.5 Å². The molecule has 0 N–H and O–H groups in total. The molecule has 1 atom stereocenters. The first kappa shape index (κ1) is 14.3. The molecule has 0 saturated carbocycles. The van der Waals surface area contributed by atoms with Gasteiger partial charge in [0.2, 0.25) is 0 Å². The Hall–Kier alpha value is -1.61. The quantitative estimate of drug-likeness (QED) is 0.668. The van der Waals surface area contributed by atoms with E-state index in [1.807, 2.05) is 48.5 Å². The first-order chi connectivity index (χ1) is 10.2. The summed E-state index contributed by atoms with van der Waals surface area (Å²) >= 11 is 0.0996. The topological polar surface area (TPSA) is 34.1 Å². The van der Waals surface area contributed by atoms with Gasteiger partial charge in [0, 0.05) is 0 Å². The zero-order valence-corrected chi connectivity index (χ0v) is 13.7. The van der Waals surface area contributed by atoms with Gasteiger partial charge in [-0.05, 0) is 0 Å². The van der Waals surface area contributed by atoms with Crippen molar-refractivity contribution in [1.82, 2.24) is 0 Å². The molecule has 1 unspecified atom stereocenters. The summed E-state index contributed by atoms with van der Waals surface area (Å²) in [4.78, 5) is 2.43. The third-order valence-electron chi connectivity index (χ3n) is 3.29. The van der Waals surface area contributed by atoms with Crippen molar-refractivity contribution in [1.29, 1.82) is 0 Å². The second-order valence-corrected chi connectivity index (χ2v) is 8.75. The Labute approximate surface area is 130 Å². The van der Waals surface area contributed by atoms with Gasteiger partial charge in [-0.2, -0.15) is 0 Å². The molecule has 0 aliphatic rings. The molecule has 0 radical (unpaired) electrons. The van der Waals surface area contributed by atoms with Crippen LogP contribution in [0.1, 0.15) is 15.3 Å². The van der Waals surface area contributed by atoms with E-state index in [1.165, 1.54) is 0 Å². The molecule has 21 heavy (non-hydrogen) atoms. The molecular formula is C17H14O2SSe. The molecule has 1 aromatic heterocycles. The monoisotopic (exact) mass is 362 g/mol. The van der Waals surface area contributed by atoms with Gasteiger partial charge in [-0.3, -0.25) is 0 Å². The summed E-state index contributed by atoms with van der Waals surface area (Å²) in [7, 11) is -3.43. The van der Waals surface area contributed by atoms with Crippen molar-refractivity contribution in [3.05, 3.63) is 87.7 Å². The van der Waals surface area contributed by atoms with Gasteiger partial charge >= 0.3 is 131 Å². The zero-order chi connectivity index (χ0) is 14.7. The Morgan fingerprint density at radius 1 is 0.762 bits per heavy atom. The molecule has 0 bridgehead atoms. The average Bonchev–Trinajstić information content (AvgIpc) is 3.03. The van der Waals surface area contributed by atoms with E-state index in [0.29, 0.717) is 4.90 Å². The first-order valence-corrected chi connectivity index (χ1v) is 9.96. The van der Waals surface area contributed by atoms with Crippen LogP contribution in [0.2, 0.25) is 0 Å². The molecule has 3 rings (SSSR count). The van der Waals surface area contributed by atoms with E-state index in [0.717, 1.165) is 10.0 Å². The molecule has 106 valence electrons. The van der Waals surface area contributed by atoms with Crippen molar-refractivity contribution < 1.29 is 8.42 Å². The van der Waals surface area contributed by atoms with E-state index in [9.17, 15) is 8.42 Å². The Morgan fingerprint density at radius 3 is 1.95 bits per heavy atom. The van der Waals surface area contributed by atoms with Crippen LogP contribution in [0.5, 0.6) is 0 Å². The third kappa shape index (κ3) is 2.88. The fraction of sp³-hybridized carbons (Fsp3) is 0.0588. The van der Waals surface area contributed by atoms with Crippen LogP contribution in [0.3, 0.4) is 0 Å². The molecule has 0 aliphatic carbocycles. The summed E-state index contributed by atoms with van der Waals surface area (Å²) in [5.41, 5.74) is 0.832. The van der Waals surface area contributed by atoms with Crippen molar-refractivity contribution in [2.75, 3.05) is 0 Å². The minimum absolute atomic E-state index is 0.0996. The number of sulfone groups is 1. The van der Waals surface area contributed by atoms with Crippen LogP contribution in [0, 0.1) is 0 Å². The third-order valence-corrected chi connectivity index (χ3v) is 7.66. The molecule has 0 spiro atoms. The number of rotatable bonds is 4. The SMILES string of the molecule is O=S(=O)(c1ccccc1)C(c1ccccc1)c1ccc[se]1. The molecule has 0 fully saturated rings. The van der Waals surface area contributed by atoms with E-state index in [1.54, 1.807) is 24.3 Å². The van der Waals surface area contributed by atoms with E-state index < -0.39 is 15.1 Å². The van der Waals surface area contributed by atoms with Gasteiger partial charge in [-0.15, -0.1) is 0 Å². The summed E-state index contributed by atoms with van der Waals surface area (Å²) in [6.45, 7) is 0. The van der Waals surface area contributed by atoms with Crippen molar-refractivity contribution >= 4 is 24.3 Å². The average molecular weight is 361 g/mol. The van der Waals surface area contributed by atoms with Crippen LogP contribution in [0.4, 0.5) is 0 Å². The summed E-state index contributed by atoms with van der Waals surface area (Å²) in [5, 5.41) is -0.587. The van der Waals surface area contributed by atoms with Gasteiger partial charge in [-0.1, -0.05) is 0 Å². The van der Waals surface area contributed by atoms with Crippen LogP contribution >= 0.6 is 0 Å². The molecule has 1 heterocycles. The standard InChI is InChI=1S/C17H14O2SSe/c18-20(19,15-10-5-2-6-11-15)17(16-12-7-13-21-16)14-8-3-1-4-9-14/h1-13,17H. The Kier molecular flexibility index (Phi) is 4.11. The maximum atomic E-state index is 13.1. The molecule has 0 amide bonds. The number of benzene rings is 2. The normalized spacial score (nSPS) is 13.0. The van der Waals surface area contributed by atoms with Gasteiger partial charge in [0.05, 0.1) is 0 Å². The van der Waals surface area contributed by atoms with Crippen molar-refractivity contribution in [3.63, 3.8) is 0 Å². The molecule has 2 nitrogen and oxygen atoms in total. The Morgan fingerprint density at radius 2 is 1.38 bits per heavy atom. The zero-order valence-electron chi connectivity index (χ0n) is 11.2. The number of hydrogen-bond donors (Lipinski definition) is 0. The van der Waals surface area contributed by atoms with Gasteiger partial charge in [0.15, 0.2) is 0 Å². The fourth-order valence-corrected chi connectivity index (χ4v) is 6.64. The summed E-state index contributed by atoms with van der Waals surface area (Å²) in [6, 6.07) is 22.0. The van der Waals surface area contributed by atoms with Gasteiger partial charge in [0.1, 0.15) is 0 Å². The van der Waals surface area contributed by atoms with Crippen molar-refractivity contribution in [2.45, 2.75) is 10.1 Å². The van der Waals surface area contributed by atoms with Crippen LogP contribution in [0.15, 0.2) is 82.6 Å². The fourth-order valence-electron chi connectivity index (χ4n) is 2.31. The summed E-state index contributed by atoms with van der Waals surface area (Å²) in [5.74, 6) is 0. The molecule has 0 aliphatic heterocycles. The molecule has 4 heteroatoms. The van der Waals surface area contributed by atoms with Gasteiger partial charge < -0.3 is 0 Å². The minimum atomic E-state index is -3.43. The van der Waals surface area contributed by atoms with Crippen molar-refractivity contribution in [3.8, 4) is 0 Å². The van der Waals surface area contributed by atoms with Gasteiger partial charge in [-0.25, -0.2) is 0 Å². The predicted octanol–water partition coefficient (Wildman–Crippen LogP) is 3.31. The van der Waals surface area contributed by atoms with E-state index in [2.05, 4.69) is 4.94 Å².